The molecule has 0 N–H and O–H groups in total. The van der Waals surface area contributed by atoms with Crippen molar-refractivity contribution in [3.05, 3.63) is 216 Å². The summed E-state index contributed by atoms with van der Waals surface area (Å²) in [5.41, 5.74) is 4.94. The first-order valence-corrected chi connectivity index (χ1v) is 19.7. The molecule has 0 spiro atoms. The molecule has 0 aromatic heterocycles. The van der Waals surface area contributed by atoms with Gasteiger partial charge in [0, 0.05) is 45.4 Å². The van der Waals surface area contributed by atoms with E-state index in [9.17, 15) is 10.5 Å². The lowest BCUT2D eigenvalue weighted by atomic mass is 9.91. The van der Waals surface area contributed by atoms with Crippen molar-refractivity contribution in [1.29, 1.82) is 10.5 Å². The van der Waals surface area contributed by atoms with Crippen LogP contribution in [-0.2, 0) is 0 Å². The van der Waals surface area contributed by atoms with Gasteiger partial charge in [-0.05, 0) is 105 Å². The van der Waals surface area contributed by atoms with Gasteiger partial charge in [-0.25, -0.2) is 17.6 Å². The first-order chi connectivity index (χ1) is 30.3. The zero-order valence-electron chi connectivity index (χ0n) is 32.6. The average molecular weight is 811 g/mol. The Kier molecular flexibility index (Phi) is 9.32. The Morgan fingerprint density at radius 3 is 1.10 bits per heavy atom. The highest BCUT2D eigenvalue weighted by Gasteiger charge is 2.26. The standard InChI is InChI=1S/C54H30F4N4/c55-45-29-47(57)51(27-43(45)35-15-11-33(31-59)12-16-35)61(39-7-3-1-4-8-39)49-25-21-37-20-24-42-50(26-22-38-19-23-41(49)53(37)54(38)42)62(40-9-5-2-6-10-40)52-28-44(46(56)30-48(52)58)36-17-13-34(32-60)14-18-36/h1-30H. The van der Waals surface area contributed by atoms with Crippen LogP contribution in [0, 0.1) is 45.9 Å². The third-order valence-electron chi connectivity index (χ3n) is 11.3. The van der Waals surface area contributed by atoms with E-state index in [4.69, 9.17) is 0 Å². The number of hydrogen-bond donors (Lipinski definition) is 0. The summed E-state index contributed by atoms with van der Waals surface area (Å²) in [5, 5.41) is 23.9. The van der Waals surface area contributed by atoms with Gasteiger partial charge in [0.05, 0.1) is 46.0 Å². The van der Waals surface area contributed by atoms with Gasteiger partial charge in [-0.15, -0.1) is 0 Å². The summed E-state index contributed by atoms with van der Waals surface area (Å²) >= 11 is 0. The normalized spacial score (nSPS) is 11.2. The second kappa shape index (κ2) is 15.3. The molecule has 10 aromatic rings. The smallest absolute Gasteiger partial charge is 0.150 e. The fourth-order valence-electron chi connectivity index (χ4n) is 8.44. The van der Waals surface area contributed by atoms with Gasteiger partial charge in [0.1, 0.15) is 23.3 Å². The molecular formula is C54H30F4N4. The Balaban J connectivity index is 1.20. The molecule has 0 bridgehead atoms. The van der Waals surface area contributed by atoms with E-state index in [1.807, 2.05) is 109 Å². The lowest BCUT2D eigenvalue weighted by Gasteiger charge is -2.30. The van der Waals surface area contributed by atoms with Crippen LogP contribution < -0.4 is 9.80 Å². The average Bonchev–Trinajstić information content (AvgIpc) is 3.31. The number of rotatable bonds is 8. The summed E-state index contributed by atoms with van der Waals surface area (Å²) in [5.74, 6) is -3.01. The maximum Gasteiger partial charge on any atom is 0.150 e. The van der Waals surface area contributed by atoms with Crippen molar-refractivity contribution in [3.8, 4) is 34.4 Å². The van der Waals surface area contributed by atoms with Crippen LogP contribution in [0.5, 0.6) is 0 Å². The molecule has 0 saturated carbocycles. The molecule has 0 unspecified atom stereocenters. The van der Waals surface area contributed by atoms with Crippen LogP contribution in [0.3, 0.4) is 0 Å². The van der Waals surface area contributed by atoms with Crippen LogP contribution in [0.1, 0.15) is 11.1 Å². The molecule has 0 aliphatic carbocycles. The number of anilines is 6. The molecule has 0 fully saturated rings. The SMILES string of the molecule is N#Cc1ccc(-c2cc(N(c3ccccc3)c3ccc4ccc5c(N(c6ccccc6)c6cc(-c7ccc(C#N)cc7)c(F)cc6F)ccc6ccc3c4c65)c(F)cc2F)cc1. The highest BCUT2D eigenvalue weighted by Crippen LogP contribution is 2.49. The molecule has 0 saturated heterocycles. The fraction of sp³-hybridized carbons (Fsp3) is 0. The minimum absolute atomic E-state index is 0.118. The molecular weight excluding hydrogens is 781 g/mol. The number of hydrogen-bond acceptors (Lipinski definition) is 4. The van der Waals surface area contributed by atoms with E-state index in [1.165, 1.54) is 12.1 Å². The summed E-state index contributed by atoms with van der Waals surface area (Å²) in [4.78, 5) is 3.56. The third kappa shape index (κ3) is 6.39. The van der Waals surface area contributed by atoms with E-state index in [-0.39, 0.29) is 22.5 Å². The van der Waals surface area contributed by atoms with Crippen LogP contribution in [0.25, 0.3) is 54.6 Å². The monoisotopic (exact) mass is 810 g/mol. The predicted molar refractivity (Wildman–Crippen MR) is 240 cm³/mol. The summed E-state index contributed by atoms with van der Waals surface area (Å²) in [7, 11) is 0. The lowest BCUT2D eigenvalue weighted by molar-refractivity contribution is 0.586. The number of benzene rings is 10. The maximum atomic E-state index is 16.4. The van der Waals surface area contributed by atoms with Crippen molar-refractivity contribution in [2.24, 2.45) is 0 Å². The zero-order chi connectivity index (χ0) is 42.5. The van der Waals surface area contributed by atoms with Gasteiger partial charge in [-0.1, -0.05) is 97.1 Å². The molecule has 10 aromatic carbocycles. The van der Waals surface area contributed by atoms with Crippen molar-refractivity contribution in [2.45, 2.75) is 0 Å². The second-order valence-electron chi connectivity index (χ2n) is 14.9. The summed E-state index contributed by atoms with van der Waals surface area (Å²) in [6.07, 6.45) is 0. The molecule has 0 heterocycles. The Morgan fingerprint density at radius 2 is 0.726 bits per heavy atom. The van der Waals surface area contributed by atoms with E-state index in [1.54, 1.807) is 58.3 Å². The first-order valence-electron chi connectivity index (χ1n) is 19.7. The van der Waals surface area contributed by atoms with E-state index < -0.39 is 23.3 Å². The van der Waals surface area contributed by atoms with E-state index >= 15 is 17.6 Å². The van der Waals surface area contributed by atoms with Gasteiger partial charge in [0.25, 0.3) is 0 Å². The van der Waals surface area contributed by atoms with Crippen LogP contribution in [0.4, 0.5) is 51.7 Å². The lowest BCUT2D eigenvalue weighted by Crippen LogP contribution is -2.13. The van der Waals surface area contributed by atoms with Gasteiger partial charge in [0.15, 0.2) is 0 Å². The van der Waals surface area contributed by atoms with Crippen LogP contribution in [0.15, 0.2) is 182 Å². The van der Waals surface area contributed by atoms with Crippen molar-refractivity contribution < 1.29 is 17.6 Å². The van der Waals surface area contributed by atoms with E-state index in [0.29, 0.717) is 45.0 Å². The van der Waals surface area contributed by atoms with Gasteiger partial charge in [-0.3, -0.25) is 0 Å². The second-order valence-corrected chi connectivity index (χ2v) is 14.9. The molecule has 8 heteroatoms. The zero-order valence-corrected chi connectivity index (χ0v) is 32.6. The van der Waals surface area contributed by atoms with E-state index in [2.05, 4.69) is 12.1 Å². The number of para-hydroxylation sites is 2. The largest absolute Gasteiger partial charge is 0.307 e. The van der Waals surface area contributed by atoms with Gasteiger partial charge in [-0.2, -0.15) is 10.5 Å². The molecule has 0 aliphatic heterocycles. The summed E-state index contributed by atoms with van der Waals surface area (Å²) < 4.78 is 64.0. The molecule has 294 valence electrons. The number of nitrogens with zero attached hydrogens (tertiary/aromatic N) is 4. The van der Waals surface area contributed by atoms with E-state index in [0.717, 1.165) is 44.5 Å². The Morgan fingerprint density at radius 1 is 0.355 bits per heavy atom. The van der Waals surface area contributed by atoms with Crippen LogP contribution in [0.2, 0.25) is 0 Å². The molecule has 0 aliphatic rings. The molecule has 0 radical (unpaired) electrons. The molecule has 0 atom stereocenters. The number of nitriles is 2. The van der Waals surface area contributed by atoms with Crippen molar-refractivity contribution in [2.75, 3.05) is 9.80 Å². The van der Waals surface area contributed by atoms with Crippen LogP contribution in [-0.4, -0.2) is 0 Å². The molecule has 4 nitrogen and oxygen atoms in total. The highest BCUT2D eigenvalue weighted by molar-refractivity contribution is 6.28. The molecule has 0 amide bonds. The van der Waals surface area contributed by atoms with Gasteiger partial charge < -0.3 is 9.80 Å². The summed E-state index contributed by atoms with van der Waals surface area (Å²) in [6, 6.07) is 56.3. The summed E-state index contributed by atoms with van der Waals surface area (Å²) in [6.45, 7) is 0. The fourth-order valence-corrected chi connectivity index (χ4v) is 8.44. The van der Waals surface area contributed by atoms with Gasteiger partial charge in [0.2, 0.25) is 0 Å². The Labute approximate surface area is 353 Å². The Hall–Kier alpha value is -8.46. The highest BCUT2D eigenvalue weighted by atomic mass is 19.1. The van der Waals surface area contributed by atoms with Crippen molar-refractivity contribution in [3.63, 3.8) is 0 Å². The quantitative estimate of drug-likeness (QED) is 0.113. The molecule has 10 rings (SSSR count). The predicted octanol–water partition coefficient (Wildman–Crippen LogP) is 15.2. The first kappa shape index (κ1) is 37.8. The maximum absolute atomic E-state index is 16.4. The molecule has 62 heavy (non-hydrogen) atoms. The Bertz CT molecular complexity index is 3180. The third-order valence-corrected chi connectivity index (χ3v) is 11.3. The minimum atomic E-state index is -0.767. The van der Waals surface area contributed by atoms with Crippen LogP contribution >= 0.6 is 0 Å². The van der Waals surface area contributed by atoms with Crippen molar-refractivity contribution in [1.82, 2.24) is 0 Å². The van der Waals surface area contributed by atoms with Crippen molar-refractivity contribution >= 4 is 66.4 Å². The van der Waals surface area contributed by atoms with Gasteiger partial charge >= 0.3 is 0 Å². The minimum Gasteiger partial charge on any atom is -0.307 e. The number of halogens is 4. The topological polar surface area (TPSA) is 54.1 Å².